The van der Waals surface area contributed by atoms with E-state index >= 15 is 0 Å². The van der Waals surface area contributed by atoms with Crippen LogP contribution < -0.4 is 9.97 Å². The maximum absolute atomic E-state index is 5.79. The zero-order valence-electron chi connectivity index (χ0n) is 25.2. The molecule has 0 spiro atoms. The van der Waals surface area contributed by atoms with Crippen LogP contribution in [0.4, 0.5) is 0 Å². The van der Waals surface area contributed by atoms with Gasteiger partial charge in [0.05, 0.1) is 36.6 Å². The van der Waals surface area contributed by atoms with Crippen LogP contribution in [0.1, 0.15) is 0 Å². The van der Waals surface area contributed by atoms with E-state index in [2.05, 4.69) is 32.6 Å². The first-order chi connectivity index (χ1) is 22.6. The third kappa shape index (κ3) is 5.08. The number of furan rings is 2. The molecule has 0 radical (unpaired) electrons. The van der Waals surface area contributed by atoms with Crippen LogP contribution in [-0.4, -0.2) is 38.2 Å². The summed E-state index contributed by atoms with van der Waals surface area (Å²) in [6.07, 6.45) is 23.8. The Hall–Kier alpha value is -5.18. The van der Waals surface area contributed by atoms with Gasteiger partial charge in [0, 0.05) is 50.3 Å². The number of hydrogen-bond donors (Lipinski definition) is 0. The van der Waals surface area contributed by atoms with Crippen molar-refractivity contribution in [3.63, 3.8) is 0 Å². The Kier molecular flexibility index (Phi) is 8.15. The molecule has 10 rings (SSSR count). The molecular weight excluding hydrogens is 971 g/mol. The van der Waals surface area contributed by atoms with Crippen LogP contribution in [0, 0.1) is 12.7 Å². The second-order valence-corrected chi connectivity index (χ2v) is 10.9. The molecule has 0 N–H and O–H groups in total. The van der Waals surface area contributed by atoms with Crippen molar-refractivity contribution in [2.45, 2.75) is 0 Å². The van der Waals surface area contributed by atoms with E-state index in [1.54, 1.807) is 37.6 Å². The average molecular weight is 993 g/mol. The molecule has 0 saturated heterocycles. The number of rotatable bonds is 4. The van der Waals surface area contributed by atoms with E-state index < -0.39 is 0 Å². The number of benzene rings is 2. The number of aromatic nitrogens is 10. The molecule has 0 aliphatic rings. The molecule has 0 amide bonds. The van der Waals surface area contributed by atoms with Crippen LogP contribution in [0.15, 0.2) is 108 Å². The number of para-hydroxylation sites is 2. The smallest absolute Gasteiger partial charge is 0.660 e. The van der Waals surface area contributed by atoms with Crippen LogP contribution >= 0.6 is 0 Å². The van der Waals surface area contributed by atoms with E-state index in [1.165, 1.54) is 0 Å². The summed E-state index contributed by atoms with van der Waals surface area (Å²) >= 11 is 0. The molecule has 14 heteroatoms. The predicted molar refractivity (Wildman–Crippen MR) is 170 cm³/mol. The van der Waals surface area contributed by atoms with Gasteiger partial charge in [-0.2, -0.15) is 0 Å². The molecule has 0 unspecified atom stereocenters. The fraction of sp³-hybridized carbons (Fsp3) is 0.0588. The summed E-state index contributed by atoms with van der Waals surface area (Å²) in [5, 5.41) is 1.95. The molecule has 0 atom stereocenters. The van der Waals surface area contributed by atoms with Crippen LogP contribution in [0.3, 0.4) is 0 Å². The van der Waals surface area contributed by atoms with Crippen molar-refractivity contribution in [1.82, 2.24) is 48.2 Å². The predicted octanol–water partition coefficient (Wildman–Crippen LogP) is 5.85. The molecule has 240 valence electrons. The fourth-order valence-corrected chi connectivity index (χ4v) is 5.78. The maximum atomic E-state index is 5.79. The first kappa shape index (κ1) is 31.4. The zero-order valence-corrected chi connectivity index (χ0v) is 29.7. The van der Waals surface area contributed by atoms with Gasteiger partial charge in [-0.15, -0.1) is 11.0 Å². The Morgan fingerprint density at radius 2 is 1.08 bits per heavy atom. The third-order valence-corrected chi connectivity index (χ3v) is 7.89. The van der Waals surface area contributed by atoms with Gasteiger partial charge in [-0.3, -0.25) is 0 Å². The Morgan fingerprint density at radius 1 is 0.625 bits per heavy atom. The normalized spacial score (nSPS) is 11.2. The standard InChI is InChI=1S/2C17H11N5O.2Pt/c2*1-21-7-13(19-10-21)12-8-23-17-11-3-2-4-14(15(11)20-16(12)17)22-6-5-18-9-22;;/h2*2-8,10H,1H3;;/q2*-2;2*+2. The van der Waals surface area contributed by atoms with Gasteiger partial charge in [0.2, 0.25) is 0 Å². The van der Waals surface area contributed by atoms with E-state index in [0.717, 1.165) is 77.9 Å². The fourth-order valence-electron chi connectivity index (χ4n) is 5.78. The van der Waals surface area contributed by atoms with E-state index in [-0.39, 0.29) is 42.1 Å². The number of imidazole rings is 4. The van der Waals surface area contributed by atoms with Gasteiger partial charge in [0.15, 0.2) is 0 Å². The monoisotopic (exact) mass is 992 g/mol. The molecule has 8 aromatic heterocycles. The van der Waals surface area contributed by atoms with Gasteiger partial charge in [-0.05, 0) is 22.1 Å². The molecule has 12 nitrogen and oxygen atoms in total. The summed E-state index contributed by atoms with van der Waals surface area (Å²) in [6, 6.07) is 12.0. The average Bonchev–Trinajstić information content (AvgIpc) is 3.88. The van der Waals surface area contributed by atoms with Gasteiger partial charge in [0.25, 0.3) is 0 Å². The summed E-state index contributed by atoms with van der Waals surface area (Å²) < 4.78 is 19.0. The molecular formula is C34H22N10O2Pt2. The van der Waals surface area contributed by atoms with Crippen molar-refractivity contribution in [3.8, 4) is 33.9 Å². The molecule has 0 fully saturated rings. The summed E-state index contributed by atoms with van der Waals surface area (Å²) in [6.45, 7) is 0. The Labute approximate surface area is 301 Å². The summed E-state index contributed by atoms with van der Waals surface area (Å²) in [4.78, 5) is 26.4. The Bertz CT molecular complexity index is 2450. The van der Waals surface area contributed by atoms with E-state index in [0.29, 0.717) is 0 Å². The van der Waals surface area contributed by atoms with Crippen molar-refractivity contribution in [2.24, 2.45) is 14.1 Å². The molecule has 8 heterocycles. The van der Waals surface area contributed by atoms with Crippen molar-refractivity contribution >= 4 is 44.0 Å². The van der Waals surface area contributed by atoms with Crippen LogP contribution in [-0.2, 0) is 56.2 Å². The summed E-state index contributed by atoms with van der Waals surface area (Å²) in [5.74, 6) is 0. The first-order valence-corrected chi connectivity index (χ1v) is 14.3. The van der Waals surface area contributed by atoms with Gasteiger partial charge in [0.1, 0.15) is 11.2 Å². The summed E-state index contributed by atoms with van der Waals surface area (Å²) in [5.41, 5.74) is 10.3. The number of nitrogens with zero attached hydrogens (tertiary/aromatic N) is 10. The maximum Gasteiger partial charge on any atom is 2.00 e. The Balaban J connectivity index is 0.000000146. The van der Waals surface area contributed by atoms with Gasteiger partial charge in [-0.1, -0.05) is 72.2 Å². The van der Waals surface area contributed by atoms with Gasteiger partial charge in [-0.25, -0.2) is 9.97 Å². The van der Waals surface area contributed by atoms with E-state index in [4.69, 9.17) is 18.8 Å². The van der Waals surface area contributed by atoms with E-state index in [1.807, 2.05) is 93.5 Å². The second kappa shape index (κ2) is 12.4. The SMILES string of the molecule is Cn1cnc(-c2coc3c2[n-]c2c(-n4[c-]ncc4)cccc23)c1.Cn1cnc(-c2coc3c2[n-]c2c(-n4[c-]ncc4)cccc23)c1.[Pt+2].[Pt+2]. The molecule has 0 bridgehead atoms. The quantitative estimate of drug-likeness (QED) is 0.201. The minimum atomic E-state index is 0. The van der Waals surface area contributed by atoms with Crippen LogP contribution in [0.5, 0.6) is 0 Å². The number of hydrogen-bond acceptors (Lipinski definition) is 6. The second-order valence-electron chi connectivity index (χ2n) is 10.9. The number of fused-ring (bicyclic) bond motifs is 6. The molecule has 0 aliphatic heterocycles. The van der Waals surface area contributed by atoms with Crippen molar-refractivity contribution in [2.75, 3.05) is 0 Å². The topological polar surface area (TPSA) is 126 Å². The minimum absolute atomic E-state index is 0. The third-order valence-electron chi connectivity index (χ3n) is 7.89. The Morgan fingerprint density at radius 3 is 1.46 bits per heavy atom. The zero-order chi connectivity index (χ0) is 30.8. The molecule has 10 aromatic rings. The van der Waals surface area contributed by atoms with Crippen molar-refractivity contribution in [1.29, 1.82) is 0 Å². The van der Waals surface area contributed by atoms with Gasteiger partial charge < -0.3 is 47.0 Å². The van der Waals surface area contributed by atoms with Crippen LogP contribution in [0.2, 0.25) is 0 Å². The largest absolute Gasteiger partial charge is 2.00 e. The molecule has 2 aromatic carbocycles. The molecule has 0 aliphatic carbocycles. The number of aryl methyl sites for hydroxylation is 2. The first-order valence-electron chi connectivity index (χ1n) is 14.3. The summed E-state index contributed by atoms with van der Waals surface area (Å²) in [7, 11) is 3.88. The molecule has 48 heavy (non-hydrogen) atoms. The minimum Gasteiger partial charge on any atom is -0.660 e. The van der Waals surface area contributed by atoms with Gasteiger partial charge >= 0.3 is 42.1 Å². The van der Waals surface area contributed by atoms with E-state index in [9.17, 15) is 0 Å². The molecule has 0 saturated carbocycles. The van der Waals surface area contributed by atoms with Crippen molar-refractivity contribution < 1.29 is 51.0 Å². The van der Waals surface area contributed by atoms with Crippen LogP contribution in [0.25, 0.3) is 77.9 Å². The van der Waals surface area contributed by atoms with Crippen molar-refractivity contribution in [3.05, 3.63) is 111 Å².